The Kier molecular flexibility index (Phi) is 4.42. The molecule has 0 spiro atoms. The second-order valence-electron chi connectivity index (χ2n) is 6.24. The molecule has 2 aromatic carbocycles. The zero-order valence-corrected chi connectivity index (χ0v) is 16.1. The van der Waals surface area contributed by atoms with Crippen molar-refractivity contribution in [1.29, 1.82) is 0 Å². The van der Waals surface area contributed by atoms with Crippen molar-refractivity contribution in [2.45, 2.75) is 20.4 Å². The maximum atomic E-state index is 5.42. The summed E-state index contributed by atoms with van der Waals surface area (Å²) in [7, 11) is 0. The van der Waals surface area contributed by atoms with Crippen molar-refractivity contribution in [2.24, 2.45) is 0 Å². The van der Waals surface area contributed by atoms with E-state index in [1.54, 1.807) is 0 Å². The van der Waals surface area contributed by atoms with Gasteiger partial charge in [-0.2, -0.15) is 10.1 Å². The molecule has 0 aliphatic carbocycles. The number of hydrogen-bond donors (Lipinski definition) is 0. The highest BCUT2D eigenvalue weighted by atomic mass is 79.9. The molecule has 4 rings (SSSR count). The van der Waals surface area contributed by atoms with Gasteiger partial charge in [-0.25, -0.2) is 0 Å². The largest absolute Gasteiger partial charge is 0.332 e. The summed E-state index contributed by atoms with van der Waals surface area (Å²) < 4.78 is 8.38. The van der Waals surface area contributed by atoms with Crippen molar-refractivity contribution in [1.82, 2.24) is 19.9 Å². The van der Waals surface area contributed by atoms with E-state index in [1.807, 2.05) is 41.9 Å². The Morgan fingerprint density at radius 3 is 2.46 bits per heavy atom. The second-order valence-corrected chi connectivity index (χ2v) is 7.16. The maximum absolute atomic E-state index is 5.42. The Balaban J connectivity index is 1.59. The number of hydrogen-bond acceptors (Lipinski definition) is 4. The summed E-state index contributed by atoms with van der Waals surface area (Å²) in [5, 5.41) is 8.71. The smallest absolute Gasteiger partial charge is 0.278 e. The molecule has 0 amide bonds. The predicted octanol–water partition coefficient (Wildman–Crippen LogP) is 5.03. The molecule has 2 aromatic heterocycles. The normalized spacial score (nSPS) is 11.0. The van der Waals surface area contributed by atoms with Gasteiger partial charge in [-0.15, -0.1) is 0 Å². The van der Waals surface area contributed by atoms with E-state index in [0.717, 1.165) is 15.7 Å². The highest BCUT2D eigenvalue weighted by molar-refractivity contribution is 9.10. The van der Waals surface area contributed by atoms with Gasteiger partial charge in [0.05, 0.1) is 6.54 Å². The quantitative estimate of drug-likeness (QED) is 0.475. The lowest BCUT2D eigenvalue weighted by Crippen LogP contribution is -2.03. The minimum atomic E-state index is 0.425. The highest BCUT2D eigenvalue weighted by Crippen LogP contribution is 2.23. The fourth-order valence-electron chi connectivity index (χ4n) is 2.68. The van der Waals surface area contributed by atoms with Crippen molar-refractivity contribution in [3.8, 4) is 23.0 Å². The number of rotatable bonds is 4. The summed E-state index contributed by atoms with van der Waals surface area (Å²) in [5.74, 6) is 0.979. The van der Waals surface area contributed by atoms with Gasteiger partial charge in [0, 0.05) is 15.7 Å². The van der Waals surface area contributed by atoms with Gasteiger partial charge in [0.1, 0.15) is 0 Å². The molecular weight excluding hydrogens is 392 g/mol. The molecular formula is C20H17BrN4O. The third kappa shape index (κ3) is 3.46. The number of halogens is 1. The van der Waals surface area contributed by atoms with E-state index in [0.29, 0.717) is 24.0 Å². The summed E-state index contributed by atoms with van der Waals surface area (Å²) in [6.45, 7) is 4.82. The summed E-state index contributed by atoms with van der Waals surface area (Å²) in [4.78, 5) is 4.48. The van der Waals surface area contributed by atoms with Crippen LogP contribution in [-0.2, 0) is 6.54 Å². The zero-order valence-electron chi connectivity index (χ0n) is 14.5. The average Bonchev–Trinajstić information content (AvgIpc) is 3.25. The summed E-state index contributed by atoms with van der Waals surface area (Å²) in [6.07, 6.45) is 0. The summed E-state index contributed by atoms with van der Waals surface area (Å²) >= 11 is 3.42. The van der Waals surface area contributed by atoms with Gasteiger partial charge in [-0.05, 0) is 49.7 Å². The predicted molar refractivity (Wildman–Crippen MR) is 104 cm³/mol. The van der Waals surface area contributed by atoms with E-state index in [9.17, 15) is 0 Å². The monoisotopic (exact) mass is 408 g/mol. The van der Waals surface area contributed by atoms with Gasteiger partial charge in [-0.1, -0.05) is 50.9 Å². The molecule has 0 fully saturated rings. The lowest BCUT2D eigenvalue weighted by Gasteiger charge is -2.04. The van der Waals surface area contributed by atoms with E-state index in [2.05, 4.69) is 62.4 Å². The van der Waals surface area contributed by atoms with Crippen molar-refractivity contribution in [3.05, 3.63) is 75.9 Å². The minimum Gasteiger partial charge on any atom is -0.332 e. The molecule has 0 aliphatic heterocycles. The van der Waals surface area contributed by atoms with Crippen LogP contribution in [0.4, 0.5) is 0 Å². The molecule has 6 heteroatoms. The molecule has 2 heterocycles. The fraction of sp³-hybridized carbons (Fsp3) is 0.150. The molecule has 5 nitrogen and oxygen atoms in total. The Bertz CT molecular complexity index is 1030. The van der Waals surface area contributed by atoms with Crippen LogP contribution in [0.15, 0.2) is 63.6 Å². The molecule has 0 radical (unpaired) electrons. The molecule has 0 saturated carbocycles. The van der Waals surface area contributed by atoms with Gasteiger partial charge < -0.3 is 4.52 Å². The maximum Gasteiger partial charge on any atom is 0.278 e. The van der Waals surface area contributed by atoms with Gasteiger partial charge in [0.15, 0.2) is 5.69 Å². The van der Waals surface area contributed by atoms with E-state index in [4.69, 9.17) is 4.52 Å². The fourth-order valence-corrected chi connectivity index (χ4v) is 2.95. The van der Waals surface area contributed by atoms with Crippen LogP contribution in [0.2, 0.25) is 0 Å². The molecule has 0 unspecified atom stereocenters. The van der Waals surface area contributed by atoms with Crippen LogP contribution in [0.3, 0.4) is 0 Å². The SMILES string of the molecule is Cc1ccc(Cn2nc(-c3nc(-c4ccc(Br)cc4)no3)cc2C)cc1. The molecule has 0 saturated heterocycles. The first kappa shape index (κ1) is 16.7. The Hall–Kier alpha value is -2.73. The zero-order chi connectivity index (χ0) is 18.1. The standard InChI is InChI=1S/C20H17BrN4O/c1-13-3-5-15(6-4-13)12-25-14(2)11-18(23-25)20-22-19(24-26-20)16-7-9-17(21)10-8-16/h3-11H,12H2,1-2H3. The lowest BCUT2D eigenvalue weighted by atomic mass is 10.1. The Labute approximate surface area is 159 Å². The van der Waals surface area contributed by atoms with Gasteiger partial charge in [0.25, 0.3) is 5.89 Å². The van der Waals surface area contributed by atoms with Crippen LogP contribution < -0.4 is 0 Å². The van der Waals surface area contributed by atoms with Crippen LogP contribution in [0, 0.1) is 13.8 Å². The van der Waals surface area contributed by atoms with Crippen LogP contribution in [0.25, 0.3) is 23.0 Å². The minimum absolute atomic E-state index is 0.425. The van der Waals surface area contributed by atoms with Crippen molar-refractivity contribution in [2.75, 3.05) is 0 Å². The first-order valence-corrected chi connectivity index (χ1v) is 9.08. The van der Waals surface area contributed by atoms with Crippen molar-refractivity contribution in [3.63, 3.8) is 0 Å². The van der Waals surface area contributed by atoms with Crippen molar-refractivity contribution >= 4 is 15.9 Å². The lowest BCUT2D eigenvalue weighted by molar-refractivity contribution is 0.430. The molecule has 130 valence electrons. The molecule has 0 bridgehead atoms. The topological polar surface area (TPSA) is 56.7 Å². The number of aryl methyl sites for hydroxylation is 2. The number of nitrogens with zero attached hydrogens (tertiary/aromatic N) is 4. The third-order valence-electron chi connectivity index (χ3n) is 4.18. The molecule has 0 N–H and O–H groups in total. The first-order valence-electron chi connectivity index (χ1n) is 8.28. The molecule has 26 heavy (non-hydrogen) atoms. The van der Waals surface area contributed by atoms with E-state index in [-0.39, 0.29) is 0 Å². The van der Waals surface area contributed by atoms with E-state index in [1.165, 1.54) is 11.1 Å². The van der Waals surface area contributed by atoms with Crippen LogP contribution in [0.1, 0.15) is 16.8 Å². The van der Waals surface area contributed by atoms with Crippen LogP contribution in [0.5, 0.6) is 0 Å². The van der Waals surface area contributed by atoms with Gasteiger partial charge >= 0.3 is 0 Å². The van der Waals surface area contributed by atoms with Crippen LogP contribution in [-0.4, -0.2) is 19.9 Å². The summed E-state index contributed by atoms with van der Waals surface area (Å²) in [6, 6.07) is 18.2. The third-order valence-corrected chi connectivity index (χ3v) is 4.71. The molecule has 0 aliphatic rings. The van der Waals surface area contributed by atoms with Crippen LogP contribution >= 0.6 is 15.9 Å². The molecule has 0 atom stereocenters. The number of benzene rings is 2. The average molecular weight is 409 g/mol. The number of aromatic nitrogens is 4. The summed E-state index contributed by atoms with van der Waals surface area (Å²) in [5.41, 5.74) is 5.08. The first-order chi connectivity index (χ1) is 12.6. The molecule has 4 aromatic rings. The van der Waals surface area contributed by atoms with E-state index < -0.39 is 0 Å². The van der Waals surface area contributed by atoms with Gasteiger partial charge in [-0.3, -0.25) is 4.68 Å². The van der Waals surface area contributed by atoms with Gasteiger partial charge in [0.2, 0.25) is 5.82 Å². The van der Waals surface area contributed by atoms with E-state index >= 15 is 0 Å². The Morgan fingerprint density at radius 2 is 1.73 bits per heavy atom. The highest BCUT2D eigenvalue weighted by Gasteiger charge is 2.15. The van der Waals surface area contributed by atoms with Crippen molar-refractivity contribution < 1.29 is 4.52 Å². The second kappa shape index (κ2) is 6.88. The Morgan fingerprint density at radius 1 is 1.00 bits per heavy atom.